The van der Waals surface area contributed by atoms with E-state index in [0.717, 1.165) is 16.8 Å². The molecule has 0 aliphatic carbocycles. The summed E-state index contributed by atoms with van der Waals surface area (Å²) in [5, 5.41) is 6.17. The first-order valence-electron chi connectivity index (χ1n) is 20.2. The Balaban J connectivity index is 0.000000207. The Morgan fingerprint density at radius 3 is 1.88 bits per heavy atom. The third-order valence-electron chi connectivity index (χ3n) is 10.4. The standard InChI is InChI=1S/C23H20ClN5O2S.C15H18ClN3O3.C9H6N2S/c1-6-14-10-19(30)27-12-16(11-17(24)20(27)26-14)29-22(32)28(21(31)23(29,3)4)15-7-8-18(25-5)13(2)9-15;1-5-9-7-12(20)19-8-10(6-11(16)13(19)17-9)18-15(2,3)14(21)22-4;1-7-5-8(11-6-12)3-4-9(7)10-2/h7-12H,6H2,1-4H3;6-8,18H,5H2,1-4H3;3-5H,1H3. The topological polar surface area (TPSA) is 152 Å². The van der Waals surface area contributed by atoms with Gasteiger partial charge in [-0.05, 0) is 126 Å². The number of hydrogen-bond donors (Lipinski definition) is 1. The average molecular weight is 964 g/mol. The summed E-state index contributed by atoms with van der Waals surface area (Å²) in [6.45, 7) is 28.5. The number of thiocarbonyl (C=S) groups is 2. The number of benzene rings is 2. The van der Waals surface area contributed by atoms with Gasteiger partial charge in [0, 0.05) is 41.6 Å². The van der Waals surface area contributed by atoms with Crippen LogP contribution in [-0.4, -0.2) is 59.1 Å². The predicted molar refractivity (Wildman–Crippen MR) is 268 cm³/mol. The molecule has 0 radical (unpaired) electrons. The molecule has 0 unspecified atom stereocenters. The van der Waals surface area contributed by atoms with Crippen molar-refractivity contribution in [2.75, 3.05) is 22.2 Å². The van der Waals surface area contributed by atoms with Crippen LogP contribution in [0, 0.1) is 27.0 Å². The minimum Gasteiger partial charge on any atom is -0.467 e. The van der Waals surface area contributed by atoms with Crippen LogP contribution in [-0.2, 0) is 27.2 Å². The minimum atomic E-state index is -1.03. The van der Waals surface area contributed by atoms with E-state index in [-0.39, 0.29) is 27.2 Å². The van der Waals surface area contributed by atoms with E-state index >= 15 is 0 Å². The summed E-state index contributed by atoms with van der Waals surface area (Å²) in [7, 11) is 1.32. The number of anilines is 3. The maximum atomic E-state index is 13.4. The number of halogens is 2. The largest absolute Gasteiger partial charge is 0.467 e. The van der Waals surface area contributed by atoms with Gasteiger partial charge in [0.2, 0.25) is 0 Å². The highest BCUT2D eigenvalue weighted by molar-refractivity contribution is 7.81. The highest BCUT2D eigenvalue weighted by atomic mass is 35.5. The summed E-state index contributed by atoms with van der Waals surface area (Å²) in [5.41, 5.74) is 4.83. The van der Waals surface area contributed by atoms with E-state index in [2.05, 4.69) is 47.3 Å². The molecule has 1 N–H and O–H groups in total. The molecule has 19 heteroatoms. The number of hydrogen-bond acceptors (Lipinski definition) is 11. The molecule has 1 saturated heterocycles. The van der Waals surface area contributed by atoms with Crippen LogP contribution < -0.4 is 26.2 Å². The average Bonchev–Trinajstić information content (AvgIpc) is 3.45. The van der Waals surface area contributed by atoms with Gasteiger partial charge in [-0.25, -0.2) is 24.5 Å². The number of isothiocyanates is 1. The Kier molecular flexibility index (Phi) is 15.6. The summed E-state index contributed by atoms with van der Waals surface area (Å²) in [6, 6.07) is 16.7. The van der Waals surface area contributed by atoms with Crippen molar-refractivity contribution in [1.82, 2.24) is 18.8 Å². The molecule has 338 valence electrons. The number of carbonyl (C=O) groups excluding carboxylic acids is 2. The second-order valence-corrected chi connectivity index (χ2v) is 17.2. The highest BCUT2D eigenvalue weighted by Crippen LogP contribution is 2.38. The van der Waals surface area contributed by atoms with E-state index in [1.54, 1.807) is 87.5 Å². The molecule has 1 amide bonds. The molecule has 1 aliphatic heterocycles. The number of nitrogens with zero attached hydrogens (tertiary/aromatic N) is 9. The third-order valence-corrected chi connectivity index (χ3v) is 11.4. The lowest BCUT2D eigenvalue weighted by Gasteiger charge is -2.29. The van der Waals surface area contributed by atoms with E-state index in [0.29, 0.717) is 69.0 Å². The number of aliphatic imine (C=N–C) groups is 1. The van der Waals surface area contributed by atoms with Crippen molar-refractivity contribution in [1.29, 1.82) is 0 Å². The molecule has 4 aromatic heterocycles. The van der Waals surface area contributed by atoms with Gasteiger partial charge in [-0.15, -0.1) is 0 Å². The second-order valence-electron chi connectivity index (χ2n) is 15.8. The number of amides is 1. The Bertz CT molecular complexity index is 3200. The van der Waals surface area contributed by atoms with Crippen LogP contribution in [0.15, 0.2) is 87.6 Å². The predicted octanol–water partition coefficient (Wildman–Crippen LogP) is 10.2. The number of aromatic nitrogens is 4. The van der Waals surface area contributed by atoms with Crippen LogP contribution in [0.5, 0.6) is 0 Å². The van der Waals surface area contributed by atoms with Gasteiger partial charge >= 0.3 is 5.97 Å². The quantitative estimate of drug-likeness (QED) is 0.0672. The van der Waals surface area contributed by atoms with Crippen molar-refractivity contribution in [2.45, 2.75) is 79.3 Å². The summed E-state index contributed by atoms with van der Waals surface area (Å²) >= 11 is 22.9. The van der Waals surface area contributed by atoms with Crippen molar-refractivity contribution in [3.63, 3.8) is 0 Å². The van der Waals surface area contributed by atoms with Gasteiger partial charge in [0.25, 0.3) is 17.0 Å². The third kappa shape index (κ3) is 10.5. The Hall–Kier alpha value is -6.85. The lowest BCUT2D eigenvalue weighted by atomic mass is 10.0. The zero-order chi connectivity index (χ0) is 48.8. The first-order chi connectivity index (χ1) is 31.1. The maximum Gasteiger partial charge on any atom is 0.330 e. The van der Waals surface area contributed by atoms with Crippen molar-refractivity contribution in [2.24, 2.45) is 4.99 Å². The molecule has 0 saturated carbocycles. The van der Waals surface area contributed by atoms with E-state index in [9.17, 15) is 19.2 Å². The van der Waals surface area contributed by atoms with Crippen LogP contribution in [0.4, 0.5) is 34.1 Å². The second kappa shape index (κ2) is 20.5. The lowest BCUT2D eigenvalue weighted by molar-refractivity contribution is -0.144. The van der Waals surface area contributed by atoms with Gasteiger partial charge < -0.3 is 15.0 Å². The normalized spacial score (nSPS) is 12.9. The van der Waals surface area contributed by atoms with E-state index in [4.69, 9.17) is 53.3 Å². The first-order valence-corrected chi connectivity index (χ1v) is 21.8. The Labute approximate surface area is 401 Å². The molecule has 1 aliphatic rings. The summed E-state index contributed by atoms with van der Waals surface area (Å²) in [6.07, 6.45) is 4.44. The zero-order valence-corrected chi connectivity index (χ0v) is 40.6. The number of nitrogens with one attached hydrogen (secondary N) is 1. The molecule has 15 nitrogen and oxygen atoms in total. The Morgan fingerprint density at radius 2 is 1.38 bits per heavy atom. The minimum absolute atomic E-state index is 0.219. The maximum absolute atomic E-state index is 13.4. The molecule has 0 bridgehead atoms. The van der Waals surface area contributed by atoms with Gasteiger partial charge in [0.15, 0.2) is 27.8 Å². The fraction of sp³-hybridized carbons (Fsp3) is 0.277. The lowest BCUT2D eigenvalue weighted by Crippen LogP contribution is -2.44. The molecule has 2 aromatic carbocycles. The van der Waals surface area contributed by atoms with Crippen LogP contribution in [0.2, 0.25) is 10.0 Å². The first kappa shape index (κ1) is 50.2. The van der Waals surface area contributed by atoms with Gasteiger partial charge in [-0.3, -0.25) is 28.1 Å². The summed E-state index contributed by atoms with van der Waals surface area (Å²) in [5.74, 6) is -0.643. The Morgan fingerprint density at radius 1 is 0.848 bits per heavy atom. The molecule has 7 rings (SSSR count). The molecular weight excluding hydrogens is 920 g/mol. The van der Waals surface area contributed by atoms with E-state index < -0.39 is 17.0 Å². The van der Waals surface area contributed by atoms with Crippen molar-refractivity contribution >= 4 is 115 Å². The molecule has 1 fully saturated rings. The number of esters is 1. The van der Waals surface area contributed by atoms with Gasteiger partial charge in [-0.2, -0.15) is 4.99 Å². The number of pyridine rings is 2. The molecule has 6 aromatic rings. The van der Waals surface area contributed by atoms with Crippen LogP contribution >= 0.6 is 47.6 Å². The van der Waals surface area contributed by atoms with Crippen LogP contribution in [0.3, 0.4) is 0 Å². The summed E-state index contributed by atoms with van der Waals surface area (Å²) < 4.78 is 7.47. The van der Waals surface area contributed by atoms with Crippen LogP contribution in [0.1, 0.15) is 64.1 Å². The number of ether oxygens (including phenoxy) is 1. The van der Waals surface area contributed by atoms with Gasteiger partial charge in [0.05, 0.1) is 52.5 Å². The SMILES string of the molecule is CCc1cc(=O)n2cc(NC(C)(C)C(=O)OC)cc(Cl)c2n1.[C-]#[N+]c1ccc(N2C(=O)C(C)(C)N(c3cc(Cl)c4nc(CC)cc(=O)n4c3)C2=S)cc1C.[C-]#[N+]c1ccc(N=C=S)cc1C. The smallest absolute Gasteiger partial charge is 0.330 e. The van der Waals surface area contributed by atoms with E-state index in [1.165, 1.54) is 32.9 Å². The van der Waals surface area contributed by atoms with Crippen LogP contribution in [0.25, 0.3) is 21.0 Å². The molecular formula is C47H44Cl2N10O5S2. The molecule has 0 atom stereocenters. The molecule has 66 heavy (non-hydrogen) atoms. The van der Waals surface area contributed by atoms with Crippen molar-refractivity contribution in [3.05, 3.63) is 149 Å². The van der Waals surface area contributed by atoms with Gasteiger partial charge in [0.1, 0.15) is 11.1 Å². The number of aryl methyl sites for hydroxylation is 4. The summed E-state index contributed by atoms with van der Waals surface area (Å²) in [4.78, 5) is 72.6. The molecule has 0 spiro atoms. The van der Waals surface area contributed by atoms with Gasteiger partial charge in [-0.1, -0.05) is 49.2 Å². The number of fused-ring (bicyclic) bond motifs is 2. The fourth-order valence-corrected chi connectivity index (χ4v) is 8.00. The highest BCUT2D eigenvalue weighted by Gasteiger charge is 2.50. The van der Waals surface area contributed by atoms with Crippen molar-refractivity contribution < 1.29 is 14.3 Å². The monoisotopic (exact) mass is 962 g/mol. The number of rotatable bonds is 8. The van der Waals surface area contributed by atoms with E-state index in [1.807, 2.05) is 33.8 Å². The van der Waals surface area contributed by atoms with Crippen molar-refractivity contribution in [3.8, 4) is 0 Å². The fourth-order valence-electron chi connectivity index (χ4n) is 6.87. The number of carbonyl (C=O) groups is 2. The molecule has 5 heterocycles. The number of methoxy groups -OCH3 is 1. The zero-order valence-electron chi connectivity index (χ0n) is 37.5.